The lowest BCUT2D eigenvalue weighted by atomic mass is 9.85. The fourth-order valence-corrected chi connectivity index (χ4v) is 3.24. The Morgan fingerprint density at radius 2 is 2.00 bits per heavy atom. The highest BCUT2D eigenvalue weighted by atomic mass is 127. The first kappa shape index (κ1) is 14.2. The van der Waals surface area contributed by atoms with Gasteiger partial charge in [0.2, 0.25) is 0 Å². The minimum Gasteiger partial charge on any atom is -0.382 e. The molecule has 1 atom stereocenters. The first-order valence-corrected chi connectivity index (χ1v) is 8.07. The quantitative estimate of drug-likeness (QED) is 0.554. The van der Waals surface area contributed by atoms with Crippen molar-refractivity contribution in [3.63, 3.8) is 0 Å². The SMILES string of the molecule is Cc1ccc(NC2CCCC(C)(C)CC2)cc1I. The van der Waals surface area contributed by atoms with Crippen LogP contribution in [0.15, 0.2) is 18.2 Å². The number of hydrogen-bond acceptors (Lipinski definition) is 1. The second-order valence-corrected chi connectivity index (χ2v) is 7.56. The molecule has 18 heavy (non-hydrogen) atoms. The summed E-state index contributed by atoms with van der Waals surface area (Å²) in [5, 5.41) is 3.72. The molecule has 0 saturated heterocycles. The van der Waals surface area contributed by atoms with Gasteiger partial charge in [-0.25, -0.2) is 0 Å². The van der Waals surface area contributed by atoms with E-state index in [1.807, 2.05) is 0 Å². The molecule has 0 heterocycles. The van der Waals surface area contributed by atoms with Gasteiger partial charge in [-0.15, -0.1) is 0 Å². The lowest BCUT2D eigenvalue weighted by Gasteiger charge is -2.22. The molecule has 1 nitrogen and oxygen atoms in total. The summed E-state index contributed by atoms with van der Waals surface area (Å²) in [7, 11) is 0. The molecule has 1 aliphatic carbocycles. The van der Waals surface area contributed by atoms with Crippen molar-refractivity contribution in [2.45, 2.75) is 58.9 Å². The fraction of sp³-hybridized carbons (Fsp3) is 0.625. The molecule has 1 unspecified atom stereocenters. The third kappa shape index (κ3) is 3.87. The predicted molar refractivity (Wildman–Crippen MR) is 88.2 cm³/mol. The molecule has 1 aromatic carbocycles. The fourth-order valence-electron chi connectivity index (χ4n) is 2.72. The van der Waals surface area contributed by atoms with Crippen LogP contribution in [0.4, 0.5) is 5.69 Å². The van der Waals surface area contributed by atoms with Gasteiger partial charge in [-0.3, -0.25) is 0 Å². The number of anilines is 1. The Hall–Kier alpha value is -0.250. The van der Waals surface area contributed by atoms with E-state index < -0.39 is 0 Å². The predicted octanol–water partition coefficient (Wildman–Crippen LogP) is 5.37. The Labute approximate surface area is 125 Å². The molecule has 2 rings (SSSR count). The van der Waals surface area contributed by atoms with E-state index in [0.717, 1.165) is 0 Å². The lowest BCUT2D eigenvalue weighted by Crippen LogP contribution is -2.19. The van der Waals surface area contributed by atoms with Crippen molar-refractivity contribution in [3.8, 4) is 0 Å². The van der Waals surface area contributed by atoms with Crippen LogP contribution in [0.5, 0.6) is 0 Å². The normalized spacial score (nSPS) is 23.4. The molecule has 0 bridgehead atoms. The minimum atomic E-state index is 0.540. The zero-order chi connectivity index (χ0) is 13.2. The summed E-state index contributed by atoms with van der Waals surface area (Å²) in [6.07, 6.45) is 6.68. The molecule has 100 valence electrons. The Morgan fingerprint density at radius 3 is 2.72 bits per heavy atom. The van der Waals surface area contributed by atoms with Crippen LogP contribution in [0.2, 0.25) is 0 Å². The highest BCUT2D eigenvalue weighted by Crippen LogP contribution is 2.34. The van der Waals surface area contributed by atoms with Crippen molar-refractivity contribution in [1.29, 1.82) is 0 Å². The Kier molecular flexibility index (Phi) is 4.57. The molecule has 1 N–H and O–H groups in total. The standard InChI is InChI=1S/C16H24IN/c1-12-6-7-14(11-15(12)17)18-13-5-4-9-16(2,3)10-8-13/h6-7,11,13,18H,4-5,8-10H2,1-3H3. The van der Waals surface area contributed by atoms with E-state index in [4.69, 9.17) is 0 Å². The van der Waals surface area contributed by atoms with Crippen LogP contribution in [-0.2, 0) is 0 Å². The summed E-state index contributed by atoms with van der Waals surface area (Å²) >= 11 is 2.42. The molecule has 0 amide bonds. The first-order valence-electron chi connectivity index (χ1n) is 6.99. The molecular weight excluding hydrogens is 333 g/mol. The maximum atomic E-state index is 3.72. The molecule has 1 aliphatic rings. The maximum absolute atomic E-state index is 3.72. The number of halogens is 1. The van der Waals surface area contributed by atoms with Crippen LogP contribution in [0.1, 0.15) is 51.5 Å². The highest BCUT2D eigenvalue weighted by Gasteiger charge is 2.24. The van der Waals surface area contributed by atoms with Gasteiger partial charge < -0.3 is 5.32 Å². The number of nitrogens with one attached hydrogen (secondary N) is 1. The van der Waals surface area contributed by atoms with E-state index in [0.29, 0.717) is 11.5 Å². The van der Waals surface area contributed by atoms with Crippen molar-refractivity contribution in [2.24, 2.45) is 5.41 Å². The van der Waals surface area contributed by atoms with E-state index in [1.54, 1.807) is 0 Å². The monoisotopic (exact) mass is 357 g/mol. The molecular formula is C16H24IN. The van der Waals surface area contributed by atoms with E-state index in [1.165, 1.54) is 46.9 Å². The topological polar surface area (TPSA) is 12.0 Å². The number of hydrogen-bond donors (Lipinski definition) is 1. The van der Waals surface area contributed by atoms with Gasteiger partial charge in [0.05, 0.1) is 0 Å². The molecule has 0 radical (unpaired) electrons. The first-order chi connectivity index (χ1) is 8.46. The smallest absolute Gasteiger partial charge is 0.0353 e. The average Bonchev–Trinajstić information content (AvgIpc) is 2.46. The van der Waals surface area contributed by atoms with E-state index in [-0.39, 0.29) is 0 Å². The van der Waals surface area contributed by atoms with Crippen molar-refractivity contribution in [2.75, 3.05) is 5.32 Å². The number of aryl methyl sites for hydroxylation is 1. The van der Waals surface area contributed by atoms with Gasteiger partial charge >= 0.3 is 0 Å². The Balaban J connectivity index is 1.98. The molecule has 1 aromatic rings. The van der Waals surface area contributed by atoms with Gasteiger partial charge in [-0.05, 0) is 78.3 Å². The van der Waals surface area contributed by atoms with Crippen LogP contribution < -0.4 is 5.32 Å². The summed E-state index contributed by atoms with van der Waals surface area (Å²) in [5.41, 5.74) is 3.19. The zero-order valence-electron chi connectivity index (χ0n) is 11.7. The van der Waals surface area contributed by atoms with Gasteiger partial charge in [0.1, 0.15) is 0 Å². The lowest BCUT2D eigenvalue weighted by molar-refractivity contribution is 0.313. The van der Waals surface area contributed by atoms with Gasteiger partial charge in [0.15, 0.2) is 0 Å². The summed E-state index contributed by atoms with van der Waals surface area (Å²) in [6.45, 7) is 6.98. The van der Waals surface area contributed by atoms with Gasteiger partial charge in [0.25, 0.3) is 0 Å². The van der Waals surface area contributed by atoms with E-state index in [9.17, 15) is 0 Å². The second-order valence-electron chi connectivity index (χ2n) is 6.40. The van der Waals surface area contributed by atoms with Crippen LogP contribution in [0.25, 0.3) is 0 Å². The van der Waals surface area contributed by atoms with Crippen LogP contribution in [0, 0.1) is 15.9 Å². The number of rotatable bonds is 2. The molecule has 2 heteroatoms. The zero-order valence-corrected chi connectivity index (χ0v) is 13.9. The number of benzene rings is 1. The second kappa shape index (κ2) is 5.81. The molecule has 1 saturated carbocycles. The summed E-state index contributed by atoms with van der Waals surface area (Å²) in [4.78, 5) is 0. The summed E-state index contributed by atoms with van der Waals surface area (Å²) < 4.78 is 1.35. The third-order valence-corrected chi connectivity index (χ3v) is 5.28. The van der Waals surface area contributed by atoms with E-state index >= 15 is 0 Å². The van der Waals surface area contributed by atoms with Crippen molar-refractivity contribution in [3.05, 3.63) is 27.3 Å². The van der Waals surface area contributed by atoms with Crippen molar-refractivity contribution < 1.29 is 0 Å². The van der Waals surface area contributed by atoms with Crippen LogP contribution in [0.3, 0.4) is 0 Å². The van der Waals surface area contributed by atoms with Gasteiger partial charge in [0, 0.05) is 15.3 Å². The Bertz CT molecular complexity index is 412. The Morgan fingerprint density at radius 1 is 1.22 bits per heavy atom. The average molecular weight is 357 g/mol. The molecule has 0 spiro atoms. The van der Waals surface area contributed by atoms with Crippen molar-refractivity contribution >= 4 is 28.3 Å². The summed E-state index contributed by atoms with van der Waals surface area (Å²) in [5.74, 6) is 0. The molecule has 0 aromatic heterocycles. The summed E-state index contributed by atoms with van der Waals surface area (Å²) in [6, 6.07) is 7.36. The van der Waals surface area contributed by atoms with Crippen LogP contribution >= 0.6 is 22.6 Å². The molecule has 0 aliphatic heterocycles. The van der Waals surface area contributed by atoms with Crippen molar-refractivity contribution in [1.82, 2.24) is 0 Å². The maximum Gasteiger partial charge on any atom is 0.0353 e. The third-order valence-electron chi connectivity index (χ3n) is 4.12. The molecule has 1 fully saturated rings. The largest absolute Gasteiger partial charge is 0.382 e. The van der Waals surface area contributed by atoms with Gasteiger partial charge in [-0.2, -0.15) is 0 Å². The van der Waals surface area contributed by atoms with Gasteiger partial charge in [-0.1, -0.05) is 26.3 Å². The minimum absolute atomic E-state index is 0.540. The van der Waals surface area contributed by atoms with E-state index in [2.05, 4.69) is 66.9 Å². The van der Waals surface area contributed by atoms with Crippen LogP contribution in [-0.4, -0.2) is 6.04 Å². The highest BCUT2D eigenvalue weighted by molar-refractivity contribution is 14.1.